The lowest BCUT2D eigenvalue weighted by atomic mass is 10.1. The van der Waals surface area contributed by atoms with Crippen LogP contribution in [0.25, 0.3) is 10.9 Å². The Bertz CT molecular complexity index is 1180. The zero-order valence-corrected chi connectivity index (χ0v) is 15.2. The van der Waals surface area contributed by atoms with Gasteiger partial charge in [-0.3, -0.25) is 14.3 Å². The molecule has 0 saturated heterocycles. The number of Topliss-reactive ketones (excluding diaryl/α,β-unsaturated/α-hetero) is 1. The van der Waals surface area contributed by atoms with Gasteiger partial charge in [0.05, 0.1) is 24.5 Å². The molecule has 0 spiro atoms. The summed E-state index contributed by atoms with van der Waals surface area (Å²) in [7, 11) is 0. The lowest BCUT2D eigenvalue weighted by molar-refractivity contribution is 0.0968. The molecule has 6 nitrogen and oxygen atoms in total. The van der Waals surface area contributed by atoms with Crippen molar-refractivity contribution in [2.24, 2.45) is 0 Å². The van der Waals surface area contributed by atoms with Gasteiger partial charge in [-0.15, -0.1) is 0 Å². The smallest absolute Gasteiger partial charge is 0.207 e. The summed E-state index contributed by atoms with van der Waals surface area (Å²) in [5.41, 5.74) is 3.04. The fourth-order valence-electron chi connectivity index (χ4n) is 3.39. The minimum atomic E-state index is -0.147. The van der Waals surface area contributed by atoms with Crippen LogP contribution in [0.2, 0.25) is 0 Å². The van der Waals surface area contributed by atoms with Gasteiger partial charge in [-0.05, 0) is 44.2 Å². The molecule has 0 radical (unpaired) electrons. The van der Waals surface area contributed by atoms with Gasteiger partial charge in [-0.25, -0.2) is 0 Å². The third kappa shape index (κ3) is 3.10. The van der Waals surface area contributed by atoms with Gasteiger partial charge >= 0.3 is 0 Å². The molecule has 6 heteroatoms. The fourth-order valence-corrected chi connectivity index (χ4v) is 3.39. The predicted molar refractivity (Wildman–Crippen MR) is 102 cm³/mol. The Labute approximate surface area is 155 Å². The molecule has 136 valence electrons. The molecule has 0 fully saturated rings. The molecule has 0 amide bonds. The SMILES string of the molecule is Cc1cc(C(=O)Cn2ncc(=O)c3ccccc32)c(C)n1Cc1ccco1. The average molecular weight is 361 g/mol. The molecule has 0 bridgehead atoms. The number of para-hydroxylation sites is 1. The number of furan rings is 1. The molecule has 0 saturated carbocycles. The number of ketones is 1. The lowest BCUT2D eigenvalue weighted by Gasteiger charge is -2.10. The van der Waals surface area contributed by atoms with Crippen molar-refractivity contribution >= 4 is 16.7 Å². The average Bonchev–Trinajstić information content (AvgIpc) is 3.28. The quantitative estimate of drug-likeness (QED) is 0.511. The molecule has 0 atom stereocenters. The highest BCUT2D eigenvalue weighted by molar-refractivity contribution is 5.98. The number of hydrogen-bond acceptors (Lipinski definition) is 4. The number of carbonyl (C=O) groups excluding carboxylic acids is 1. The third-order valence-corrected chi connectivity index (χ3v) is 4.82. The molecule has 27 heavy (non-hydrogen) atoms. The Morgan fingerprint density at radius 1 is 1.15 bits per heavy atom. The third-order valence-electron chi connectivity index (χ3n) is 4.82. The number of benzene rings is 1. The summed E-state index contributed by atoms with van der Waals surface area (Å²) in [6, 6.07) is 12.8. The monoisotopic (exact) mass is 361 g/mol. The molecule has 4 rings (SSSR count). The van der Waals surface area contributed by atoms with E-state index in [1.165, 1.54) is 6.20 Å². The van der Waals surface area contributed by atoms with E-state index < -0.39 is 0 Å². The molecule has 1 aromatic carbocycles. The highest BCUT2D eigenvalue weighted by Gasteiger charge is 2.18. The number of rotatable bonds is 5. The number of aromatic nitrogens is 3. The molecular weight excluding hydrogens is 342 g/mol. The second-order valence-corrected chi connectivity index (χ2v) is 6.56. The maximum atomic E-state index is 13.0. The summed E-state index contributed by atoms with van der Waals surface area (Å²) in [4.78, 5) is 24.9. The number of nitrogens with zero attached hydrogens (tertiary/aromatic N) is 3. The van der Waals surface area contributed by atoms with E-state index in [-0.39, 0.29) is 17.8 Å². The Hall–Kier alpha value is -3.41. The van der Waals surface area contributed by atoms with Gasteiger partial charge in [0.1, 0.15) is 12.3 Å². The normalized spacial score (nSPS) is 11.2. The zero-order valence-electron chi connectivity index (χ0n) is 15.2. The number of carbonyl (C=O) groups is 1. The van der Waals surface area contributed by atoms with Crippen LogP contribution in [-0.2, 0) is 13.1 Å². The lowest BCUT2D eigenvalue weighted by Crippen LogP contribution is -2.18. The first-order chi connectivity index (χ1) is 13.0. The molecule has 0 aliphatic heterocycles. The van der Waals surface area contributed by atoms with E-state index in [0.717, 1.165) is 17.1 Å². The summed E-state index contributed by atoms with van der Waals surface area (Å²) in [6.07, 6.45) is 2.90. The Balaban J connectivity index is 1.67. The maximum Gasteiger partial charge on any atom is 0.207 e. The van der Waals surface area contributed by atoms with E-state index in [1.807, 2.05) is 38.1 Å². The van der Waals surface area contributed by atoms with E-state index in [4.69, 9.17) is 4.42 Å². The van der Waals surface area contributed by atoms with Crippen molar-refractivity contribution < 1.29 is 9.21 Å². The van der Waals surface area contributed by atoms with Gasteiger partial charge in [0.15, 0.2) is 5.78 Å². The van der Waals surface area contributed by atoms with Crippen LogP contribution in [0.3, 0.4) is 0 Å². The van der Waals surface area contributed by atoms with E-state index >= 15 is 0 Å². The molecule has 0 aliphatic carbocycles. The maximum absolute atomic E-state index is 13.0. The van der Waals surface area contributed by atoms with Crippen LogP contribution < -0.4 is 5.43 Å². The molecule has 0 unspecified atom stereocenters. The van der Waals surface area contributed by atoms with E-state index in [1.54, 1.807) is 29.1 Å². The largest absolute Gasteiger partial charge is 0.467 e. The summed E-state index contributed by atoms with van der Waals surface area (Å²) >= 11 is 0. The first-order valence-electron chi connectivity index (χ1n) is 8.72. The van der Waals surface area contributed by atoms with Crippen LogP contribution in [0.4, 0.5) is 0 Å². The Kier molecular flexibility index (Phi) is 4.24. The molecule has 0 aliphatic rings. The zero-order chi connectivity index (χ0) is 19.0. The topological polar surface area (TPSA) is 70.0 Å². The van der Waals surface area contributed by atoms with Crippen molar-refractivity contribution in [3.05, 3.63) is 87.9 Å². The summed E-state index contributed by atoms with van der Waals surface area (Å²) in [6.45, 7) is 4.56. The van der Waals surface area contributed by atoms with Crippen molar-refractivity contribution in [3.8, 4) is 0 Å². The van der Waals surface area contributed by atoms with Gasteiger partial charge in [0.25, 0.3) is 0 Å². The molecular formula is C21H19N3O3. The minimum Gasteiger partial charge on any atom is -0.467 e. The standard InChI is InChI=1S/C21H19N3O3/c1-14-10-18(15(2)23(14)12-16-6-5-9-27-16)21(26)13-24-19-8-4-3-7-17(19)20(25)11-22-24/h3-11H,12-13H2,1-2H3. The van der Waals surface area contributed by atoms with Crippen molar-refractivity contribution in [3.63, 3.8) is 0 Å². The van der Waals surface area contributed by atoms with Crippen molar-refractivity contribution in [2.75, 3.05) is 0 Å². The first-order valence-corrected chi connectivity index (χ1v) is 8.72. The van der Waals surface area contributed by atoms with Gasteiger partial charge in [0.2, 0.25) is 5.43 Å². The summed E-state index contributed by atoms with van der Waals surface area (Å²) < 4.78 is 9.06. The van der Waals surface area contributed by atoms with Gasteiger partial charge in [-0.2, -0.15) is 5.10 Å². The van der Waals surface area contributed by atoms with Gasteiger partial charge in [0, 0.05) is 22.3 Å². The van der Waals surface area contributed by atoms with Crippen molar-refractivity contribution in [1.29, 1.82) is 0 Å². The Morgan fingerprint density at radius 2 is 1.96 bits per heavy atom. The van der Waals surface area contributed by atoms with Crippen molar-refractivity contribution in [2.45, 2.75) is 26.9 Å². The fraction of sp³-hybridized carbons (Fsp3) is 0.190. The summed E-state index contributed by atoms with van der Waals surface area (Å²) in [5, 5.41) is 4.71. The van der Waals surface area contributed by atoms with Crippen LogP contribution >= 0.6 is 0 Å². The number of aryl methyl sites for hydroxylation is 1. The summed E-state index contributed by atoms with van der Waals surface area (Å²) in [5.74, 6) is 0.791. The van der Waals surface area contributed by atoms with Crippen LogP contribution in [0.5, 0.6) is 0 Å². The molecule has 0 N–H and O–H groups in total. The van der Waals surface area contributed by atoms with E-state index in [0.29, 0.717) is 23.0 Å². The predicted octanol–water partition coefficient (Wildman–Crippen LogP) is 3.34. The van der Waals surface area contributed by atoms with Crippen LogP contribution in [0, 0.1) is 13.8 Å². The first kappa shape index (κ1) is 17.0. The minimum absolute atomic E-state index is 0.0462. The number of hydrogen-bond donors (Lipinski definition) is 0. The van der Waals surface area contributed by atoms with Crippen LogP contribution in [0.1, 0.15) is 27.5 Å². The van der Waals surface area contributed by atoms with Gasteiger partial charge < -0.3 is 8.98 Å². The highest BCUT2D eigenvalue weighted by atomic mass is 16.3. The van der Waals surface area contributed by atoms with Crippen LogP contribution in [-0.4, -0.2) is 20.1 Å². The second kappa shape index (κ2) is 6.72. The van der Waals surface area contributed by atoms with Gasteiger partial charge in [-0.1, -0.05) is 12.1 Å². The molecule has 3 aromatic heterocycles. The second-order valence-electron chi connectivity index (χ2n) is 6.56. The van der Waals surface area contributed by atoms with E-state index in [2.05, 4.69) is 9.67 Å². The highest BCUT2D eigenvalue weighted by Crippen LogP contribution is 2.19. The molecule has 4 aromatic rings. The van der Waals surface area contributed by atoms with Crippen molar-refractivity contribution in [1.82, 2.24) is 14.3 Å². The number of fused-ring (bicyclic) bond motifs is 1. The van der Waals surface area contributed by atoms with E-state index in [9.17, 15) is 9.59 Å². The van der Waals surface area contributed by atoms with Crippen LogP contribution in [0.15, 0.2) is 64.1 Å². The molecule has 3 heterocycles. The Morgan fingerprint density at radius 3 is 2.74 bits per heavy atom.